The minimum atomic E-state index is -1.91. The molecular formula is C73H126O12. The van der Waals surface area contributed by atoms with Crippen LogP contribution in [-0.2, 0) is 42.9 Å². The van der Waals surface area contributed by atoms with Gasteiger partial charge >= 0.3 is 23.9 Å². The molecule has 0 spiro atoms. The van der Waals surface area contributed by atoms with Crippen LogP contribution >= 0.6 is 0 Å². The van der Waals surface area contributed by atoms with Crippen LogP contribution in [0.4, 0.5) is 0 Å². The highest BCUT2D eigenvalue weighted by molar-refractivity contribution is 5.74. The molecule has 1 aliphatic heterocycles. The van der Waals surface area contributed by atoms with Crippen molar-refractivity contribution in [3.05, 3.63) is 72.9 Å². The van der Waals surface area contributed by atoms with Crippen LogP contribution in [0.2, 0.25) is 0 Å². The van der Waals surface area contributed by atoms with Crippen LogP contribution in [0.1, 0.15) is 316 Å². The van der Waals surface area contributed by atoms with E-state index in [2.05, 4.69) is 93.7 Å². The molecule has 490 valence electrons. The Balaban J connectivity index is 2.64. The van der Waals surface area contributed by atoms with Gasteiger partial charge in [-0.15, -0.1) is 0 Å². The smallest absolute Gasteiger partial charge is 0.335 e. The van der Waals surface area contributed by atoms with E-state index in [-0.39, 0.29) is 25.9 Å². The summed E-state index contributed by atoms with van der Waals surface area (Å²) < 4.78 is 28.6. The predicted molar refractivity (Wildman–Crippen MR) is 349 cm³/mol. The molecule has 1 heterocycles. The Hall–Kier alpha value is -3.84. The van der Waals surface area contributed by atoms with Gasteiger partial charge in [-0.2, -0.15) is 0 Å². The highest BCUT2D eigenvalue weighted by atomic mass is 16.7. The standard InChI is InChI=1S/C73H126O12/c1-4-7-10-13-16-19-22-25-28-31-33-36-38-41-44-47-50-53-56-59-65(74)81-62-64(83-66(75)60-57-54-51-48-45-42-39-35-30-27-24-21-18-15-12-9-6-3)63-82-73-71(69(78)68(77)70(85-73)72(79)80)84-67(76)61-58-55-52-49-46-43-40-37-34-32-29-26-23-20-17-14-11-8-5-2/h9,12,18,21,25-30,39,42,64,68-71,73,77-78H,4-8,10-11,13-17,19-20,22-24,31-38,40-41,43-63H2,1-3H3,(H,79,80)/b12-9-,21-18-,28-25-,29-26-,30-27-,42-39-. The Labute approximate surface area is 518 Å². The van der Waals surface area contributed by atoms with Gasteiger partial charge in [-0.25, -0.2) is 4.79 Å². The van der Waals surface area contributed by atoms with Gasteiger partial charge in [0.05, 0.1) is 6.61 Å². The maximum absolute atomic E-state index is 13.2. The average molecular weight is 1200 g/mol. The van der Waals surface area contributed by atoms with Crippen LogP contribution in [0.5, 0.6) is 0 Å². The second kappa shape index (κ2) is 60.4. The minimum absolute atomic E-state index is 0.0546. The number of allylic oxidation sites excluding steroid dienone is 12. The van der Waals surface area contributed by atoms with Gasteiger partial charge < -0.3 is 39.0 Å². The fourth-order valence-electron chi connectivity index (χ4n) is 10.4. The molecule has 12 nitrogen and oxygen atoms in total. The molecule has 0 amide bonds. The topological polar surface area (TPSA) is 175 Å². The Morgan fingerprint density at radius 2 is 0.741 bits per heavy atom. The first-order chi connectivity index (χ1) is 41.6. The highest BCUT2D eigenvalue weighted by Gasteiger charge is 2.50. The van der Waals surface area contributed by atoms with Crippen LogP contribution in [0.15, 0.2) is 72.9 Å². The molecule has 0 bridgehead atoms. The van der Waals surface area contributed by atoms with Crippen molar-refractivity contribution in [3.63, 3.8) is 0 Å². The lowest BCUT2D eigenvalue weighted by atomic mass is 9.98. The first-order valence-electron chi connectivity index (χ1n) is 34.9. The van der Waals surface area contributed by atoms with Crippen LogP contribution in [0.25, 0.3) is 0 Å². The summed E-state index contributed by atoms with van der Waals surface area (Å²) in [4.78, 5) is 51.5. The van der Waals surface area contributed by atoms with E-state index in [0.29, 0.717) is 19.3 Å². The van der Waals surface area contributed by atoms with E-state index in [1.807, 2.05) is 0 Å². The van der Waals surface area contributed by atoms with Crippen molar-refractivity contribution < 1.29 is 58.2 Å². The summed E-state index contributed by atoms with van der Waals surface area (Å²) >= 11 is 0. The second-order valence-electron chi connectivity index (χ2n) is 23.8. The largest absolute Gasteiger partial charge is 0.479 e. The molecule has 3 N–H and O–H groups in total. The number of carbonyl (C=O) groups is 4. The molecule has 6 unspecified atom stereocenters. The monoisotopic (exact) mass is 1190 g/mol. The summed E-state index contributed by atoms with van der Waals surface area (Å²) in [6.45, 7) is 5.90. The van der Waals surface area contributed by atoms with Gasteiger partial charge in [-0.05, 0) is 109 Å². The number of aliphatic carboxylic acids is 1. The SMILES string of the molecule is CC/C=C\C/C=C\C/C=C\C/C=C\CCCCCCC(=O)OC(COC(=O)CCCCCCCCCCC/C=C\CCCCCCCC)COC1OC(C(=O)O)C(O)C(O)C1OC(=O)CCCCCCCCCCC/C=C\CCCCCCCC. The summed E-state index contributed by atoms with van der Waals surface area (Å²) in [5.41, 5.74) is 0. The molecule has 0 aliphatic carbocycles. The predicted octanol–water partition coefficient (Wildman–Crippen LogP) is 19.2. The molecule has 1 aliphatic rings. The van der Waals surface area contributed by atoms with Gasteiger partial charge in [0.15, 0.2) is 24.6 Å². The zero-order valence-corrected chi connectivity index (χ0v) is 54.3. The summed E-state index contributed by atoms with van der Waals surface area (Å²) in [6.07, 6.45) is 65.7. The minimum Gasteiger partial charge on any atom is -0.479 e. The molecule has 1 rings (SSSR count). The number of aliphatic hydroxyl groups is 2. The molecule has 0 radical (unpaired) electrons. The number of hydrogen-bond acceptors (Lipinski definition) is 11. The maximum Gasteiger partial charge on any atom is 0.335 e. The van der Waals surface area contributed by atoms with Crippen molar-refractivity contribution >= 4 is 23.9 Å². The molecule has 0 saturated carbocycles. The van der Waals surface area contributed by atoms with Crippen LogP contribution in [0, 0.1) is 0 Å². The van der Waals surface area contributed by atoms with Crippen molar-refractivity contribution in [2.24, 2.45) is 0 Å². The summed E-state index contributed by atoms with van der Waals surface area (Å²) in [6, 6.07) is 0. The Morgan fingerprint density at radius 1 is 0.400 bits per heavy atom. The highest BCUT2D eigenvalue weighted by Crippen LogP contribution is 2.27. The molecular weight excluding hydrogens is 1070 g/mol. The third-order valence-corrected chi connectivity index (χ3v) is 15.7. The van der Waals surface area contributed by atoms with Crippen molar-refractivity contribution in [2.45, 2.75) is 353 Å². The van der Waals surface area contributed by atoms with E-state index in [9.17, 15) is 34.5 Å². The van der Waals surface area contributed by atoms with Crippen molar-refractivity contribution in [3.8, 4) is 0 Å². The number of esters is 3. The van der Waals surface area contributed by atoms with E-state index in [1.165, 1.54) is 154 Å². The lowest BCUT2D eigenvalue weighted by Gasteiger charge is -2.40. The van der Waals surface area contributed by atoms with E-state index in [1.54, 1.807) is 0 Å². The number of carboxylic acid groups (broad SMARTS) is 1. The molecule has 1 fully saturated rings. The molecule has 0 aromatic rings. The summed E-state index contributed by atoms with van der Waals surface area (Å²) in [7, 11) is 0. The molecule has 85 heavy (non-hydrogen) atoms. The average Bonchev–Trinajstić information content (AvgIpc) is 3.53. The Bertz CT molecular complexity index is 1750. The molecule has 12 heteroatoms. The number of rotatable bonds is 60. The fraction of sp³-hybridized carbons (Fsp3) is 0.781. The number of ether oxygens (including phenoxy) is 5. The molecule has 0 aromatic carbocycles. The zero-order valence-electron chi connectivity index (χ0n) is 54.3. The Morgan fingerprint density at radius 3 is 1.14 bits per heavy atom. The van der Waals surface area contributed by atoms with E-state index in [4.69, 9.17) is 23.7 Å². The van der Waals surface area contributed by atoms with E-state index < -0.39 is 67.3 Å². The normalized spacial score (nSPS) is 17.9. The molecule has 1 saturated heterocycles. The first-order valence-corrected chi connectivity index (χ1v) is 34.9. The quantitative estimate of drug-likeness (QED) is 0.0228. The van der Waals surface area contributed by atoms with Gasteiger partial charge in [-0.3, -0.25) is 14.4 Å². The number of aliphatic hydroxyl groups excluding tert-OH is 2. The van der Waals surface area contributed by atoms with Gasteiger partial charge in [0.25, 0.3) is 0 Å². The Kier molecular flexibility index (Phi) is 56.3. The van der Waals surface area contributed by atoms with E-state index in [0.717, 1.165) is 103 Å². The number of carbonyl (C=O) groups excluding carboxylic acids is 3. The van der Waals surface area contributed by atoms with Crippen LogP contribution in [0.3, 0.4) is 0 Å². The maximum atomic E-state index is 13.2. The lowest BCUT2D eigenvalue weighted by molar-refractivity contribution is -0.301. The molecule has 0 aromatic heterocycles. The van der Waals surface area contributed by atoms with Crippen molar-refractivity contribution in [1.29, 1.82) is 0 Å². The van der Waals surface area contributed by atoms with Crippen molar-refractivity contribution in [1.82, 2.24) is 0 Å². The van der Waals surface area contributed by atoms with Gasteiger partial charge in [0, 0.05) is 19.3 Å². The molecule has 6 atom stereocenters. The van der Waals surface area contributed by atoms with Gasteiger partial charge in [-0.1, -0.05) is 261 Å². The number of hydrogen-bond donors (Lipinski definition) is 3. The van der Waals surface area contributed by atoms with Gasteiger partial charge in [0.2, 0.25) is 0 Å². The number of unbranched alkanes of at least 4 members (excludes halogenated alkanes) is 34. The fourth-order valence-corrected chi connectivity index (χ4v) is 10.4. The van der Waals surface area contributed by atoms with Crippen LogP contribution < -0.4 is 0 Å². The van der Waals surface area contributed by atoms with Crippen LogP contribution in [-0.4, -0.2) is 89.2 Å². The third kappa shape index (κ3) is 49.8. The summed E-state index contributed by atoms with van der Waals surface area (Å²) in [5.74, 6) is -3.14. The summed E-state index contributed by atoms with van der Waals surface area (Å²) in [5, 5.41) is 31.7. The third-order valence-electron chi connectivity index (χ3n) is 15.7. The zero-order chi connectivity index (χ0) is 61.7. The second-order valence-corrected chi connectivity index (χ2v) is 23.8. The van der Waals surface area contributed by atoms with E-state index >= 15 is 0 Å². The van der Waals surface area contributed by atoms with Crippen molar-refractivity contribution in [2.75, 3.05) is 13.2 Å². The first kappa shape index (κ1) is 79.2. The number of carboxylic acids is 1. The van der Waals surface area contributed by atoms with Gasteiger partial charge in [0.1, 0.15) is 18.8 Å². The lowest BCUT2D eigenvalue weighted by Crippen LogP contribution is -2.61.